The van der Waals surface area contributed by atoms with E-state index in [1.54, 1.807) is 24.3 Å². The topological polar surface area (TPSA) is 152 Å². The molecule has 13 heteroatoms. The van der Waals surface area contributed by atoms with Crippen LogP contribution in [0.4, 0.5) is 0 Å². The summed E-state index contributed by atoms with van der Waals surface area (Å²) >= 11 is 0. The Bertz CT molecular complexity index is 3350. The van der Waals surface area contributed by atoms with Gasteiger partial charge in [0.05, 0.1) is 5.39 Å². The molecule has 5 heterocycles. The first kappa shape index (κ1) is 33.2. The second kappa shape index (κ2) is 12.6. The quantitative estimate of drug-likeness (QED) is 0.171. The Morgan fingerprint density at radius 3 is 1.42 bits per heavy atom. The Hall–Kier alpha value is -6.44. The van der Waals surface area contributed by atoms with Crippen molar-refractivity contribution >= 4 is 90.9 Å². The van der Waals surface area contributed by atoms with E-state index in [0.717, 1.165) is 38.4 Å². The third-order valence-corrected chi connectivity index (χ3v) is 11.0. The van der Waals surface area contributed by atoms with Crippen LogP contribution in [0.15, 0.2) is 138 Å². The third-order valence-electron chi connectivity index (χ3n) is 9.76. The minimum absolute atomic E-state index is 0. The molecule has 11 rings (SSSR count). The van der Waals surface area contributed by atoms with Crippen LogP contribution in [0.5, 0.6) is 5.75 Å². The number of fused-ring (bicyclic) bond motifs is 21. The van der Waals surface area contributed by atoms with Crippen LogP contribution in [0.2, 0.25) is 0 Å². The number of aromatic amines is 2. The van der Waals surface area contributed by atoms with E-state index in [-0.39, 0.29) is 42.1 Å². The Labute approximate surface area is 331 Å². The van der Waals surface area contributed by atoms with Crippen LogP contribution in [-0.4, -0.2) is 74.1 Å². The molecule has 262 valence electrons. The van der Waals surface area contributed by atoms with Crippen LogP contribution in [-0.2, 0) is 10.1 Å². The predicted octanol–water partition coefficient (Wildman–Crippen LogP) is 7.61. The fourth-order valence-corrected chi connectivity index (χ4v) is 8.47. The first-order chi connectivity index (χ1) is 26.5. The van der Waals surface area contributed by atoms with Crippen molar-refractivity contribution < 1.29 is 12.6 Å². The van der Waals surface area contributed by atoms with Gasteiger partial charge in [-0.2, -0.15) is 8.42 Å². The summed E-state index contributed by atoms with van der Waals surface area (Å²) < 4.78 is 34.6. The van der Waals surface area contributed by atoms with E-state index in [9.17, 15) is 8.42 Å². The van der Waals surface area contributed by atoms with Crippen LogP contribution in [0.1, 0.15) is 0 Å². The van der Waals surface area contributed by atoms with E-state index in [0.29, 0.717) is 56.4 Å². The van der Waals surface area contributed by atoms with Gasteiger partial charge in [-0.05, 0) is 17.5 Å². The average Bonchev–Trinajstić information content (AvgIpc) is 3.94. The predicted molar refractivity (Wildman–Crippen MR) is 218 cm³/mol. The van der Waals surface area contributed by atoms with Gasteiger partial charge in [0.15, 0.2) is 29.0 Å². The monoisotopic (exact) mass is 838 g/mol. The maximum absolute atomic E-state index is 14.4. The SMILES string of the molecule is O=S(=O)(Oc1cccc2ccccc12)c1cccc2c3nc4nc(nc5[nH]c(nc6nc(nc([nH]3)c12)-c1ccccc1-6)c1ccccc51)-c1ccccc1-4.[InH3]. The molecule has 0 amide bonds. The summed E-state index contributed by atoms with van der Waals surface area (Å²) in [6, 6.07) is 41.1. The fourth-order valence-electron chi connectivity index (χ4n) is 7.30. The van der Waals surface area contributed by atoms with Crippen LogP contribution in [0.25, 0.3) is 100 Å². The Kier molecular flexibility index (Phi) is 7.58. The van der Waals surface area contributed by atoms with Crippen LogP contribution in [0, 0.1) is 0 Å². The van der Waals surface area contributed by atoms with Crippen molar-refractivity contribution in [3.63, 3.8) is 0 Å². The molecule has 0 saturated carbocycles. The molecule has 6 aromatic carbocycles. The zero-order valence-electron chi connectivity index (χ0n) is 28.0. The molecule has 0 radical (unpaired) electrons. The minimum atomic E-state index is -4.42. The number of nitrogens with zero attached hydrogens (tertiary/aromatic N) is 6. The zero-order valence-corrected chi connectivity index (χ0v) is 28.8. The number of hydrogen-bond donors (Lipinski definition) is 2. The second-order valence-electron chi connectivity index (χ2n) is 12.9. The molecule has 11 nitrogen and oxygen atoms in total. The van der Waals surface area contributed by atoms with Gasteiger partial charge in [-0.1, -0.05) is 121 Å². The summed E-state index contributed by atoms with van der Waals surface area (Å²) in [7, 11) is -4.42. The van der Waals surface area contributed by atoms with E-state index >= 15 is 0 Å². The van der Waals surface area contributed by atoms with Crippen LogP contribution >= 0.6 is 0 Å². The van der Waals surface area contributed by atoms with Crippen molar-refractivity contribution in [2.75, 3.05) is 0 Å². The molecule has 0 fully saturated rings. The molecule has 2 aliphatic heterocycles. The standard InChI is InChI=1S/C42H24N8O3S.In.3H/c51-54(52,53-32-21-9-12-23-11-1-2-13-24(23)32)33-22-10-20-31-34(33)42-49-40-30-19-8-7-18-29(30)38(47-40)45-36-26-15-4-3-14-25(26)35(43-36)44-37-27-16-5-6-17-28(27)39(46-37)48-41(31)50-42;;;;/h1-22H,(H2,43,44,45,46,47,48,49,50);;;;. The summed E-state index contributed by atoms with van der Waals surface area (Å²) in [6.45, 7) is 0. The maximum atomic E-state index is 14.4. The number of benzene rings is 6. The van der Waals surface area contributed by atoms with Gasteiger partial charge in [0.25, 0.3) is 0 Å². The van der Waals surface area contributed by atoms with Gasteiger partial charge in [-0.15, -0.1) is 0 Å². The molecular formula is C42H27InN8O3S. The molecule has 0 unspecified atom stereocenters. The van der Waals surface area contributed by atoms with Crippen molar-refractivity contribution in [3.8, 4) is 51.3 Å². The average molecular weight is 839 g/mol. The van der Waals surface area contributed by atoms with Gasteiger partial charge < -0.3 is 14.2 Å². The summed E-state index contributed by atoms with van der Waals surface area (Å²) in [5, 5.41) is 4.07. The molecule has 0 saturated heterocycles. The van der Waals surface area contributed by atoms with Crippen molar-refractivity contribution in [2.45, 2.75) is 4.90 Å². The van der Waals surface area contributed by atoms with Gasteiger partial charge in [-0.25, -0.2) is 29.9 Å². The van der Waals surface area contributed by atoms with Crippen LogP contribution in [0.3, 0.4) is 0 Å². The molecule has 55 heavy (non-hydrogen) atoms. The molecule has 9 aromatic rings. The normalized spacial score (nSPS) is 12.0. The number of rotatable bonds is 3. The van der Waals surface area contributed by atoms with E-state index in [4.69, 9.17) is 34.1 Å². The fraction of sp³-hybridized carbons (Fsp3) is 0. The van der Waals surface area contributed by atoms with Gasteiger partial charge >= 0.3 is 36.0 Å². The number of aromatic nitrogens is 8. The zero-order chi connectivity index (χ0) is 36.0. The Balaban J connectivity index is 0.00000372. The summed E-state index contributed by atoms with van der Waals surface area (Å²) in [5.41, 5.74) is 4.87. The molecular weight excluding hydrogens is 811 g/mol. The summed E-state index contributed by atoms with van der Waals surface area (Å²) in [6.07, 6.45) is 0. The van der Waals surface area contributed by atoms with E-state index in [1.807, 2.05) is 103 Å². The molecule has 0 atom stereocenters. The number of hydrogen-bond acceptors (Lipinski definition) is 9. The van der Waals surface area contributed by atoms with Crippen molar-refractivity contribution in [2.24, 2.45) is 0 Å². The van der Waals surface area contributed by atoms with Gasteiger partial charge in [0, 0.05) is 43.8 Å². The van der Waals surface area contributed by atoms with E-state index in [2.05, 4.69) is 9.97 Å². The van der Waals surface area contributed by atoms with Crippen molar-refractivity contribution in [1.82, 2.24) is 39.9 Å². The number of nitrogens with one attached hydrogen (secondary N) is 2. The summed E-state index contributed by atoms with van der Waals surface area (Å²) in [5.74, 6) is 1.90. The van der Waals surface area contributed by atoms with Gasteiger partial charge in [0.2, 0.25) is 0 Å². The Morgan fingerprint density at radius 1 is 0.418 bits per heavy atom. The van der Waals surface area contributed by atoms with Gasteiger partial charge in [0.1, 0.15) is 27.5 Å². The summed E-state index contributed by atoms with van der Waals surface area (Å²) in [4.78, 5) is 36.6. The molecule has 3 aromatic heterocycles. The number of H-pyrrole nitrogens is 2. The molecule has 2 N–H and O–H groups in total. The molecule has 0 aliphatic carbocycles. The molecule has 8 bridgehead atoms. The second-order valence-corrected chi connectivity index (χ2v) is 14.5. The van der Waals surface area contributed by atoms with E-state index < -0.39 is 10.1 Å². The first-order valence-corrected chi connectivity index (χ1v) is 18.5. The molecule has 0 spiro atoms. The van der Waals surface area contributed by atoms with Crippen molar-refractivity contribution in [1.29, 1.82) is 0 Å². The molecule has 2 aliphatic rings. The van der Waals surface area contributed by atoms with Crippen molar-refractivity contribution in [3.05, 3.63) is 133 Å². The van der Waals surface area contributed by atoms with Gasteiger partial charge in [-0.3, -0.25) is 0 Å². The van der Waals surface area contributed by atoms with E-state index in [1.165, 1.54) is 6.07 Å². The first-order valence-electron chi connectivity index (χ1n) is 17.1. The Morgan fingerprint density at radius 2 is 0.836 bits per heavy atom. The third kappa shape index (κ3) is 5.29. The van der Waals surface area contributed by atoms with Crippen LogP contribution < -0.4 is 4.18 Å².